The molecule has 0 bridgehead atoms. The molecule has 1 aromatic heterocycles. The van der Waals surface area contributed by atoms with Gasteiger partial charge in [0.25, 0.3) is 0 Å². The molecule has 110 valence electrons. The Morgan fingerprint density at radius 2 is 2.00 bits per heavy atom. The molecule has 1 unspecified atom stereocenters. The van der Waals surface area contributed by atoms with Gasteiger partial charge in [0.2, 0.25) is 0 Å². The molecule has 0 spiro atoms. The molecule has 0 aliphatic heterocycles. The quantitative estimate of drug-likeness (QED) is 0.914. The summed E-state index contributed by atoms with van der Waals surface area (Å²) in [5, 5.41) is 0. The minimum absolute atomic E-state index is 0.144. The van der Waals surface area contributed by atoms with Crippen LogP contribution >= 0.6 is 0 Å². The Bertz CT molecular complexity index is 575. The molecule has 2 aromatic rings. The minimum Gasteiger partial charge on any atom is -0.330 e. The molecule has 2 rings (SSSR count). The molecule has 0 aliphatic carbocycles. The van der Waals surface area contributed by atoms with E-state index in [9.17, 15) is 13.2 Å². The third-order valence-corrected chi connectivity index (χ3v) is 3.31. The standard InChI is InChI=1S/C14H18F3N3/c1-2-5-10(8-18)13-19-11-6-3-4-7-12(11)20(13)9-14(15,16)17/h3-4,6-7,10H,2,5,8-9,18H2,1H3. The van der Waals surface area contributed by atoms with E-state index in [1.54, 1.807) is 24.3 Å². The van der Waals surface area contributed by atoms with Crippen molar-refractivity contribution in [2.45, 2.75) is 38.4 Å². The number of hydrogen-bond donors (Lipinski definition) is 1. The third kappa shape index (κ3) is 3.12. The lowest BCUT2D eigenvalue weighted by atomic mass is 10.0. The van der Waals surface area contributed by atoms with E-state index in [1.807, 2.05) is 6.92 Å². The number of aromatic nitrogens is 2. The number of alkyl halides is 3. The molecule has 1 atom stereocenters. The lowest BCUT2D eigenvalue weighted by Crippen LogP contribution is -2.23. The van der Waals surface area contributed by atoms with E-state index in [1.165, 1.54) is 4.57 Å². The molecule has 2 N–H and O–H groups in total. The van der Waals surface area contributed by atoms with Crippen molar-refractivity contribution in [3.63, 3.8) is 0 Å². The summed E-state index contributed by atoms with van der Waals surface area (Å²) in [5.41, 5.74) is 6.80. The first-order valence-electron chi connectivity index (χ1n) is 6.68. The fourth-order valence-corrected chi connectivity index (χ4v) is 2.45. The Balaban J connectivity index is 2.54. The fourth-order valence-electron chi connectivity index (χ4n) is 2.45. The lowest BCUT2D eigenvalue weighted by molar-refractivity contribution is -0.140. The first-order chi connectivity index (χ1) is 9.46. The molecule has 20 heavy (non-hydrogen) atoms. The van der Waals surface area contributed by atoms with E-state index >= 15 is 0 Å². The van der Waals surface area contributed by atoms with Crippen molar-refractivity contribution in [3.05, 3.63) is 30.1 Å². The molecule has 1 aromatic carbocycles. The van der Waals surface area contributed by atoms with E-state index in [4.69, 9.17) is 5.73 Å². The summed E-state index contributed by atoms with van der Waals surface area (Å²) in [5.74, 6) is 0.294. The van der Waals surface area contributed by atoms with Crippen LogP contribution in [0.5, 0.6) is 0 Å². The van der Waals surface area contributed by atoms with Crippen LogP contribution in [-0.4, -0.2) is 22.3 Å². The fraction of sp³-hybridized carbons (Fsp3) is 0.500. The Morgan fingerprint density at radius 3 is 2.60 bits per heavy atom. The second-order valence-corrected chi connectivity index (χ2v) is 4.88. The van der Waals surface area contributed by atoms with Crippen LogP contribution in [0.4, 0.5) is 13.2 Å². The maximum atomic E-state index is 12.8. The topological polar surface area (TPSA) is 43.8 Å². The van der Waals surface area contributed by atoms with Crippen molar-refractivity contribution in [2.75, 3.05) is 6.54 Å². The summed E-state index contributed by atoms with van der Waals surface area (Å²) in [7, 11) is 0. The van der Waals surface area contributed by atoms with Crippen LogP contribution in [0.3, 0.4) is 0 Å². The number of hydrogen-bond acceptors (Lipinski definition) is 2. The van der Waals surface area contributed by atoms with E-state index in [0.717, 1.165) is 12.8 Å². The lowest BCUT2D eigenvalue weighted by Gasteiger charge is -2.17. The van der Waals surface area contributed by atoms with Crippen molar-refractivity contribution in [3.8, 4) is 0 Å². The predicted octanol–water partition coefficient (Wildman–Crippen LogP) is 3.44. The third-order valence-electron chi connectivity index (χ3n) is 3.31. The van der Waals surface area contributed by atoms with Crippen LogP contribution in [0.25, 0.3) is 11.0 Å². The van der Waals surface area contributed by atoms with Gasteiger partial charge in [0.05, 0.1) is 11.0 Å². The Labute approximate surface area is 115 Å². The van der Waals surface area contributed by atoms with Gasteiger partial charge in [0.1, 0.15) is 12.4 Å². The Kier molecular flexibility index (Phi) is 4.32. The van der Waals surface area contributed by atoms with Gasteiger partial charge in [0, 0.05) is 12.5 Å². The highest BCUT2D eigenvalue weighted by atomic mass is 19.4. The van der Waals surface area contributed by atoms with Crippen molar-refractivity contribution >= 4 is 11.0 Å². The van der Waals surface area contributed by atoms with Crippen LogP contribution in [0.2, 0.25) is 0 Å². The molecule has 6 heteroatoms. The van der Waals surface area contributed by atoms with E-state index < -0.39 is 12.7 Å². The van der Waals surface area contributed by atoms with Gasteiger partial charge in [-0.1, -0.05) is 25.5 Å². The number of nitrogens with zero attached hydrogens (tertiary/aromatic N) is 2. The number of rotatable bonds is 5. The highest BCUT2D eigenvalue weighted by Gasteiger charge is 2.31. The van der Waals surface area contributed by atoms with Crippen LogP contribution < -0.4 is 5.73 Å². The molecule has 1 heterocycles. The van der Waals surface area contributed by atoms with Crippen LogP contribution in [0, 0.1) is 0 Å². The SMILES string of the molecule is CCCC(CN)c1nc2ccccc2n1CC(F)(F)F. The number of imidazole rings is 1. The summed E-state index contributed by atoms with van der Waals surface area (Å²) in [4.78, 5) is 4.37. The van der Waals surface area contributed by atoms with Crippen molar-refractivity contribution in [2.24, 2.45) is 5.73 Å². The zero-order chi connectivity index (χ0) is 14.8. The van der Waals surface area contributed by atoms with Crippen LogP contribution in [0.15, 0.2) is 24.3 Å². The molecule has 0 fully saturated rings. The zero-order valence-electron chi connectivity index (χ0n) is 11.3. The van der Waals surface area contributed by atoms with Gasteiger partial charge in [-0.25, -0.2) is 4.98 Å². The number of fused-ring (bicyclic) bond motifs is 1. The van der Waals surface area contributed by atoms with Crippen molar-refractivity contribution < 1.29 is 13.2 Å². The molecule has 3 nitrogen and oxygen atoms in total. The van der Waals surface area contributed by atoms with Crippen LogP contribution in [-0.2, 0) is 6.54 Å². The molecular weight excluding hydrogens is 267 g/mol. The van der Waals surface area contributed by atoms with Gasteiger partial charge in [-0.3, -0.25) is 0 Å². The minimum atomic E-state index is -4.27. The highest BCUT2D eigenvalue weighted by Crippen LogP contribution is 2.28. The number of nitrogens with two attached hydrogens (primary N) is 1. The smallest absolute Gasteiger partial charge is 0.330 e. The number of benzene rings is 1. The summed E-state index contributed by atoms with van der Waals surface area (Å²) in [6, 6.07) is 6.88. The highest BCUT2D eigenvalue weighted by molar-refractivity contribution is 5.76. The Morgan fingerprint density at radius 1 is 1.30 bits per heavy atom. The molecule has 0 saturated heterocycles. The normalized spacial score (nSPS) is 13.8. The van der Waals surface area contributed by atoms with E-state index in [0.29, 0.717) is 23.4 Å². The average Bonchev–Trinajstić information content (AvgIpc) is 2.73. The van der Waals surface area contributed by atoms with Gasteiger partial charge in [-0.05, 0) is 18.6 Å². The largest absolute Gasteiger partial charge is 0.406 e. The monoisotopic (exact) mass is 285 g/mol. The number of halogens is 3. The van der Waals surface area contributed by atoms with Gasteiger partial charge in [0.15, 0.2) is 0 Å². The van der Waals surface area contributed by atoms with Gasteiger partial charge in [-0.15, -0.1) is 0 Å². The molecule has 0 amide bonds. The summed E-state index contributed by atoms with van der Waals surface area (Å²) in [6.07, 6.45) is -2.68. The molecular formula is C14H18F3N3. The first-order valence-corrected chi connectivity index (χ1v) is 6.68. The molecule has 0 saturated carbocycles. The predicted molar refractivity (Wildman–Crippen MR) is 72.5 cm³/mol. The average molecular weight is 285 g/mol. The second-order valence-electron chi connectivity index (χ2n) is 4.88. The first kappa shape index (κ1) is 14.8. The van der Waals surface area contributed by atoms with Crippen LogP contribution in [0.1, 0.15) is 31.5 Å². The van der Waals surface area contributed by atoms with Crippen molar-refractivity contribution in [1.82, 2.24) is 9.55 Å². The van der Waals surface area contributed by atoms with Gasteiger partial charge < -0.3 is 10.3 Å². The van der Waals surface area contributed by atoms with E-state index in [-0.39, 0.29) is 5.92 Å². The summed E-state index contributed by atoms with van der Waals surface area (Å²) < 4.78 is 39.7. The molecule has 0 aliphatic rings. The number of para-hydroxylation sites is 2. The van der Waals surface area contributed by atoms with E-state index in [2.05, 4.69) is 4.98 Å². The zero-order valence-corrected chi connectivity index (χ0v) is 11.3. The van der Waals surface area contributed by atoms with Crippen molar-refractivity contribution in [1.29, 1.82) is 0 Å². The maximum Gasteiger partial charge on any atom is 0.406 e. The maximum absolute atomic E-state index is 12.8. The second kappa shape index (κ2) is 5.83. The Hall–Kier alpha value is -1.56. The molecule has 0 radical (unpaired) electrons. The summed E-state index contributed by atoms with van der Waals surface area (Å²) in [6.45, 7) is 1.26. The van der Waals surface area contributed by atoms with Gasteiger partial charge in [-0.2, -0.15) is 13.2 Å². The summed E-state index contributed by atoms with van der Waals surface area (Å²) >= 11 is 0. The van der Waals surface area contributed by atoms with Gasteiger partial charge >= 0.3 is 6.18 Å².